The molecule has 1 aromatic heterocycles. The van der Waals surface area contributed by atoms with E-state index in [1.54, 1.807) is 18.2 Å². The molecule has 2 aromatic rings. The van der Waals surface area contributed by atoms with Crippen LogP contribution in [0.5, 0.6) is 0 Å². The van der Waals surface area contributed by atoms with Gasteiger partial charge in [0.2, 0.25) is 9.84 Å². The van der Waals surface area contributed by atoms with Crippen molar-refractivity contribution in [2.75, 3.05) is 0 Å². The van der Waals surface area contributed by atoms with Crippen molar-refractivity contribution in [3.8, 4) is 0 Å². The van der Waals surface area contributed by atoms with E-state index in [2.05, 4.69) is 11.6 Å². The summed E-state index contributed by atoms with van der Waals surface area (Å²) in [5, 5.41) is 11.8. The first-order chi connectivity index (χ1) is 8.47. The molecule has 0 saturated carbocycles. The van der Waals surface area contributed by atoms with Crippen molar-refractivity contribution in [3.05, 3.63) is 52.6 Å². The number of fused-ring (bicyclic) bond motifs is 1. The van der Waals surface area contributed by atoms with Crippen LogP contribution in [0.15, 0.2) is 47.3 Å². The first-order valence-corrected chi connectivity index (χ1v) is 6.41. The van der Waals surface area contributed by atoms with E-state index >= 15 is 0 Å². The minimum Gasteiger partial charge on any atom is -0.258 e. The number of nitro groups is 1. The lowest BCUT2D eigenvalue weighted by atomic mass is 10.2. The van der Waals surface area contributed by atoms with Gasteiger partial charge in [-0.05, 0) is 6.07 Å². The molecule has 0 aliphatic heterocycles. The molecule has 0 bridgehead atoms. The number of nitrogens with zero attached hydrogens (tertiary/aromatic N) is 2. The predicted molar refractivity (Wildman–Crippen MR) is 65.8 cm³/mol. The molecule has 0 aliphatic rings. The normalized spacial score (nSPS) is 11.3. The number of para-hydroxylation sites is 1. The van der Waals surface area contributed by atoms with Gasteiger partial charge in [0.25, 0.3) is 0 Å². The lowest BCUT2D eigenvalue weighted by molar-refractivity contribution is -0.387. The number of hydrogen-bond acceptors (Lipinski definition) is 5. The van der Waals surface area contributed by atoms with Crippen LogP contribution in [0.3, 0.4) is 0 Å². The third-order valence-electron chi connectivity index (χ3n) is 2.41. The Bertz CT molecular complexity index is 753. The summed E-state index contributed by atoms with van der Waals surface area (Å²) < 4.78 is 23.8. The Morgan fingerprint density at radius 2 is 2.00 bits per heavy atom. The van der Waals surface area contributed by atoms with Crippen LogP contribution in [0.4, 0.5) is 5.69 Å². The molecular weight excluding hydrogens is 256 g/mol. The molecule has 0 saturated heterocycles. The molecule has 0 spiro atoms. The Morgan fingerprint density at radius 3 is 2.61 bits per heavy atom. The van der Waals surface area contributed by atoms with Gasteiger partial charge in [-0.25, -0.2) is 13.4 Å². The highest BCUT2D eigenvalue weighted by Gasteiger charge is 2.26. The molecular formula is C11H8N2O4S. The molecule has 6 nitrogen and oxygen atoms in total. The van der Waals surface area contributed by atoms with Crippen molar-refractivity contribution in [1.29, 1.82) is 0 Å². The summed E-state index contributed by atoms with van der Waals surface area (Å²) in [5.74, 6) is 0. The summed E-state index contributed by atoms with van der Waals surface area (Å²) >= 11 is 0. The van der Waals surface area contributed by atoms with E-state index in [1.807, 2.05) is 0 Å². The zero-order chi connectivity index (χ0) is 13.3. The van der Waals surface area contributed by atoms with Crippen LogP contribution < -0.4 is 0 Å². The van der Waals surface area contributed by atoms with Gasteiger partial charge in [-0.2, -0.15) is 0 Å². The average Bonchev–Trinajstić information content (AvgIpc) is 2.37. The van der Waals surface area contributed by atoms with Gasteiger partial charge >= 0.3 is 5.69 Å². The quantitative estimate of drug-likeness (QED) is 0.625. The van der Waals surface area contributed by atoms with E-state index in [1.165, 1.54) is 6.07 Å². The average molecular weight is 264 g/mol. The van der Waals surface area contributed by atoms with Crippen LogP contribution in [-0.2, 0) is 9.84 Å². The second-order valence-corrected chi connectivity index (χ2v) is 5.29. The van der Waals surface area contributed by atoms with Gasteiger partial charge in [-0.3, -0.25) is 10.1 Å². The smallest absolute Gasteiger partial charge is 0.258 e. The minimum absolute atomic E-state index is 0.214. The van der Waals surface area contributed by atoms with E-state index in [0.717, 1.165) is 6.20 Å². The van der Waals surface area contributed by atoms with Crippen molar-refractivity contribution in [2.24, 2.45) is 0 Å². The van der Waals surface area contributed by atoms with E-state index in [4.69, 9.17) is 0 Å². The Kier molecular flexibility index (Phi) is 2.84. The van der Waals surface area contributed by atoms with Crippen molar-refractivity contribution in [2.45, 2.75) is 4.90 Å². The third-order valence-corrected chi connectivity index (χ3v) is 3.84. The minimum atomic E-state index is -3.92. The monoisotopic (exact) mass is 264 g/mol. The summed E-state index contributed by atoms with van der Waals surface area (Å²) in [4.78, 5) is 13.6. The molecule has 0 aliphatic carbocycles. The molecule has 0 N–H and O–H groups in total. The number of pyridine rings is 1. The molecule has 0 fully saturated rings. The van der Waals surface area contributed by atoms with Crippen LogP contribution >= 0.6 is 0 Å². The Balaban J connectivity index is 3.01. The Hall–Kier alpha value is -2.28. The van der Waals surface area contributed by atoms with Gasteiger partial charge in [0.05, 0.1) is 10.4 Å². The van der Waals surface area contributed by atoms with Gasteiger partial charge in [-0.1, -0.05) is 24.8 Å². The standard InChI is InChI=1S/C11H8N2O4S/c1-2-18(16,17)11-8-5-3-4-6-9(8)12-7-10(11)13(14)15/h2-7H,1H2. The topological polar surface area (TPSA) is 90.2 Å². The van der Waals surface area contributed by atoms with E-state index in [-0.39, 0.29) is 10.3 Å². The number of sulfone groups is 1. The van der Waals surface area contributed by atoms with Crippen molar-refractivity contribution in [3.63, 3.8) is 0 Å². The summed E-state index contributed by atoms with van der Waals surface area (Å²) in [6.45, 7) is 3.19. The summed E-state index contributed by atoms with van der Waals surface area (Å²) in [6, 6.07) is 6.33. The molecule has 0 radical (unpaired) electrons. The van der Waals surface area contributed by atoms with Crippen molar-refractivity contribution >= 4 is 26.4 Å². The molecule has 0 atom stereocenters. The van der Waals surface area contributed by atoms with Gasteiger partial charge in [0, 0.05) is 10.8 Å². The lowest BCUT2D eigenvalue weighted by Crippen LogP contribution is -2.03. The highest BCUT2D eigenvalue weighted by atomic mass is 32.2. The fraction of sp³-hybridized carbons (Fsp3) is 0. The van der Waals surface area contributed by atoms with Crippen LogP contribution in [0, 0.1) is 10.1 Å². The molecule has 92 valence electrons. The number of benzene rings is 1. The largest absolute Gasteiger partial charge is 0.307 e. The fourth-order valence-electron chi connectivity index (χ4n) is 1.62. The summed E-state index contributed by atoms with van der Waals surface area (Å²) in [7, 11) is -3.92. The third kappa shape index (κ3) is 1.84. The highest BCUT2D eigenvalue weighted by molar-refractivity contribution is 7.94. The number of hydrogen-bond donors (Lipinski definition) is 0. The van der Waals surface area contributed by atoms with Crippen molar-refractivity contribution in [1.82, 2.24) is 4.98 Å². The Labute approximate surface area is 103 Å². The molecule has 0 unspecified atom stereocenters. The summed E-state index contributed by atoms with van der Waals surface area (Å²) in [5.41, 5.74) is -0.169. The zero-order valence-corrected chi connectivity index (χ0v) is 9.92. The Morgan fingerprint density at radius 1 is 1.33 bits per heavy atom. The van der Waals surface area contributed by atoms with Gasteiger partial charge < -0.3 is 0 Å². The lowest BCUT2D eigenvalue weighted by Gasteiger charge is -2.04. The van der Waals surface area contributed by atoms with Gasteiger partial charge in [-0.15, -0.1) is 0 Å². The molecule has 1 heterocycles. The number of rotatable bonds is 3. The predicted octanol–water partition coefficient (Wildman–Crippen LogP) is 2.06. The first-order valence-electron chi connectivity index (χ1n) is 4.87. The van der Waals surface area contributed by atoms with Crippen molar-refractivity contribution < 1.29 is 13.3 Å². The fourth-order valence-corrected chi connectivity index (χ4v) is 2.68. The van der Waals surface area contributed by atoms with Crippen LogP contribution in [-0.4, -0.2) is 18.3 Å². The van der Waals surface area contributed by atoms with Crippen LogP contribution in [0.25, 0.3) is 10.9 Å². The molecule has 7 heteroatoms. The molecule has 1 aromatic carbocycles. The van der Waals surface area contributed by atoms with E-state index < -0.39 is 20.4 Å². The van der Waals surface area contributed by atoms with Crippen LogP contribution in [0.2, 0.25) is 0 Å². The van der Waals surface area contributed by atoms with Crippen LogP contribution in [0.1, 0.15) is 0 Å². The first kappa shape index (κ1) is 12.2. The van der Waals surface area contributed by atoms with E-state index in [0.29, 0.717) is 10.9 Å². The highest BCUT2D eigenvalue weighted by Crippen LogP contribution is 2.31. The van der Waals surface area contributed by atoms with Gasteiger partial charge in [0.1, 0.15) is 6.20 Å². The second-order valence-electron chi connectivity index (χ2n) is 3.46. The SMILES string of the molecule is C=CS(=O)(=O)c1c([N+](=O)[O-])cnc2ccccc12. The maximum atomic E-state index is 11.9. The molecule has 0 amide bonds. The summed E-state index contributed by atoms with van der Waals surface area (Å²) in [6.07, 6.45) is 0.943. The second kappa shape index (κ2) is 4.19. The zero-order valence-electron chi connectivity index (χ0n) is 9.11. The molecule has 18 heavy (non-hydrogen) atoms. The van der Waals surface area contributed by atoms with Gasteiger partial charge in [0.15, 0.2) is 4.90 Å². The number of aromatic nitrogens is 1. The maximum absolute atomic E-state index is 11.9. The van der Waals surface area contributed by atoms with E-state index in [9.17, 15) is 18.5 Å². The maximum Gasteiger partial charge on any atom is 0.307 e. The molecule has 2 rings (SSSR count).